The van der Waals surface area contributed by atoms with Gasteiger partial charge in [-0.2, -0.15) is 10.4 Å². The van der Waals surface area contributed by atoms with Gasteiger partial charge in [0.1, 0.15) is 63.1 Å². The molecular formula is C57H44FN17O4. The van der Waals surface area contributed by atoms with E-state index in [0.717, 1.165) is 28.5 Å². The third-order valence-electron chi connectivity index (χ3n) is 13.4. The lowest BCUT2D eigenvalue weighted by Gasteiger charge is -2.25. The molecule has 0 atom stereocenters. The number of benzene rings is 2. The summed E-state index contributed by atoms with van der Waals surface area (Å²) in [6.07, 6.45) is 20.0. The summed E-state index contributed by atoms with van der Waals surface area (Å²) < 4.78 is 31.2. The van der Waals surface area contributed by atoms with Crippen molar-refractivity contribution in [2.45, 2.75) is 26.7 Å². The van der Waals surface area contributed by atoms with Crippen LogP contribution < -0.4 is 20.1 Å². The number of amides is 2. The first-order chi connectivity index (χ1) is 38.5. The van der Waals surface area contributed by atoms with E-state index in [1.807, 2.05) is 50.3 Å². The van der Waals surface area contributed by atoms with Crippen LogP contribution in [0.3, 0.4) is 0 Å². The Morgan fingerprint density at radius 3 is 1.90 bits per heavy atom. The molecular weight excluding hydrogens is 1010 g/mol. The molecule has 0 bridgehead atoms. The molecule has 22 heteroatoms. The zero-order valence-corrected chi connectivity index (χ0v) is 42.4. The van der Waals surface area contributed by atoms with Crippen molar-refractivity contribution in [1.29, 1.82) is 5.26 Å². The first-order valence-electron chi connectivity index (χ1n) is 24.9. The number of anilines is 4. The molecule has 0 saturated heterocycles. The van der Waals surface area contributed by atoms with Crippen LogP contribution in [0.5, 0.6) is 23.0 Å². The second-order valence-electron chi connectivity index (χ2n) is 18.5. The summed E-state index contributed by atoms with van der Waals surface area (Å²) in [4.78, 5) is 65.1. The molecule has 21 nitrogen and oxygen atoms in total. The van der Waals surface area contributed by atoms with E-state index in [-0.39, 0.29) is 17.5 Å². The number of aromatic nitrogens is 12. The highest BCUT2D eigenvalue weighted by Gasteiger charge is 2.22. The summed E-state index contributed by atoms with van der Waals surface area (Å²) in [5.74, 6) is 2.66. The number of pyridine rings is 4. The molecule has 0 unspecified atom stereocenters. The Balaban J connectivity index is 0.682. The van der Waals surface area contributed by atoms with Gasteiger partial charge in [-0.3, -0.25) is 14.6 Å². The Morgan fingerprint density at radius 2 is 1.29 bits per heavy atom. The number of hydrogen-bond donors (Lipinski definition) is 2. The number of halogens is 1. The fourth-order valence-electron chi connectivity index (χ4n) is 9.20. The van der Waals surface area contributed by atoms with Crippen molar-refractivity contribution in [1.82, 2.24) is 68.9 Å². The van der Waals surface area contributed by atoms with E-state index in [1.54, 1.807) is 86.1 Å². The van der Waals surface area contributed by atoms with Crippen LogP contribution >= 0.6 is 0 Å². The van der Waals surface area contributed by atoms with Gasteiger partial charge in [-0.1, -0.05) is 18.7 Å². The van der Waals surface area contributed by atoms with E-state index < -0.39 is 5.82 Å². The van der Waals surface area contributed by atoms with Crippen LogP contribution in [0.2, 0.25) is 0 Å². The number of nitriles is 1. The second kappa shape index (κ2) is 20.7. The average molecular weight is 1050 g/mol. The van der Waals surface area contributed by atoms with Crippen LogP contribution in [0.15, 0.2) is 135 Å². The van der Waals surface area contributed by atoms with Gasteiger partial charge in [0, 0.05) is 74.4 Å². The highest BCUT2D eigenvalue weighted by Crippen LogP contribution is 2.35. The van der Waals surface area contributed by atoms with E-state index in [9.17, 15) is 14.9 Å². The second-order valence-corrected chi connectivity index (χ2v) is 18.5. The predicted molar refractivity (Wildman–Crippen MR) is 292 cm³/mol. The highest BCUT2D eigenvalue weighted by molar-refractivity contribution is 5.94. The highest BCUT2D eigenvalue weighted by atomic mass is 19.1. The van der Waals surface area contributed by atoms with Gasteiger partial charge in [0.15, 0.2) is 34.6 Å². The molecule has 2 aliphatic rings. The average Bonchev–Trinajstić information content (AvgIpc) is 4.13. The number of nitrogens with one attached hydrogen (secondary N) is 2. The third-order valence-corrected chi connectivity index (χ3v) is 13.4. The predicted octanol–water partition coefficient (Wildman–Crippen LogP) is 9.28. The maximum atomic E-state index is 15.5. The largest absolute Gasteiger partial charge is 0.457 e. The Labute approximate surface area is 448 Å². The SMILES string of the molecule is C=CC(=O)N1CC=C(c2ncc3ncc(C#N)c(Nc4ccc(Oc5ccn6nc(C=CC(=O)N7CC=C(c8ncc9ncc(F)c(Nc%10ccc(Oc%11ccn%12ncnc%12c%11)c(C)c%10)c9n8)CC7)nc6c5)c(C)c4)c3n2)CC1. The number of rotatable bonds is 13. The van der Waals surface area contributed by atoms with Crippen LogP contribution in [-0.4, -0.2) is 107 Å². The monoisotopic (exact) mass is 1050 g/mol. The summed E-state index contributed by atoms with van der Waals surface area (Å²) in [6, 6.07) is 20.4. The molecule has 2 aromatic carbocycles. The number of hydrogen-bond acceptors (Lipinski definition) is 17. The lowest BCUT2D eigenvalue weighted by molar-refractivity contribution is -0.126. The van der Waals surface area contributed by atoms with Crippen molar-refractivity contribution in [3.63, 3.8) is 0 Å². The van der Waals surface area contributed by atoms with Gasteiger partial charge in [0.05, 0.1) is 29.8 Å². The number of aryl methyl sites for hydroxylation is 2. The molecule has 0 spiro atoms. The van der Waals surface area contributed by atoms with Crippen molar-refractivity contribution >= 4 is 85.1 Å². The lowest BCUT2D eigenvalue weighted by atomic mass is 10.1. The first-order valence-corrected chi connectivity index (χ1v) is 24.9. The lowest BCUT2D eigenvalue weighted by Crippen LogP contribution is -2.33. The molecule has 0 aliphatic carbocycles. The Bertz CT molecular complexity index is 4280. The summed E-state index contributed by atoms with van der Waals surface area (Å²) in [5, 5.41) is 25.3. The van der Waals surface area contributed by atoms with Crippen LogP contribution in [0.1, 0.15) is 47.0 Å². The molecule has 2 N–H and O–H groups in total. The van der Waals surface area contributed by atoms with Gasteiger partial charge in [0.25, 0.3) is 0 Å². The maximum absolute atomic E-state index is 15.5. The van der Waals surface area contributed by atoms with E-state index >= 15 is 4.39 Å². The summed E-state index contributed by atoms with van der Waals surface area (Å²) in [5.41, 5.74) is 8.52. The van der Waals surface area contributed by atoms with Crippen molar-refractivity contribution in [2.75, 3.05) is 36.8 Å². The fourth-order valence-corrected chi connectivity index (χ4v) is 9.20. The minimum atomic E-state index is -0.577. The summed E-state index contributed by atoms with van der Waals surface area (Å²) >= 11 is 0. The zero-order chi connectivity index (χ0) is 54.1. The standard InChI is InChI=1S/C57H44FN17O4/c1-4-50(76)72-17-11-35(12-18-72)56-62-30-43-54(69-56)52(37(27-59)28-60-43)66-38-5-7-46(33(2)23-38)79-41-16-22-75-49(26-41)68-47(71-75)9-10-51(77)73-19-13-36(14-20-73)57-63-31-44-55(70-57)53(42(58)29-61-44)67-39-6-8-45(34(3)24-39)78-40-15-21-74-48(25-40)64-32-65-74/h4-11,13,15-16,21-26,28-32H,1,12,14,17-20H2,2-3H3,(H,60,66)(H,61,67). The normalized spacial score (nSPS) is 13.6. The zero-order valence-electron chi connectivity index (χ0n) is 42.4. The van der Waals surface area contributed by atoms with Crippen LogP contribution in [0, 0.1) is 31.0 Å². The number of fused-ring (bicyclic) bond motifs is 4. The minimum absolute atomic E-state index is 0.131. The molecule has 10 heterocycles. The molecule has 0 saturated carbocycles. The van der Waals surface area contributed by atoms with Gasteiger partial charge in [0.2, 0.25) is 11.8 Å². The number of ether oxygens (including phenoxy) is 2. The van der Waals surface area contributed by atoms with Gasteiger partial charge >= 0.3 is 0 Å². The Morgan fingerprint density at radius 1 is 0.696 bits per heavy atom. The van der Waals surface area contributed by atoms with Crippen molar-refractivity contribution in [2.24, 2.45) is 0 Å². The van der Waals surface area contributed by atoms with E-state index in [2.05, 4.69) is 63.4 Å². The van der Waals surface area contributed by atoms with Crippen LogP contribution in [0.4, 0.5) is 27.1 Å². The van der Waals surface area contributed by atoms with Crippen LogP contribution in [0.25, 0.3) is 50.6 Å². The van der Waals surface area contributed by atoms with Crippen molar-refractivity contribution in [3.8, 4) is 29.1 Å². The molecule has 0 fully saturated rings. The summed E-state index contributed by atoms with van der Waals surface area (Å²) in [7, 11) is 0. The molecule has 2 aliphatic heterocycles. The van der Waals surface area contributed by atoms with Crippen LogP contribution in [-0.2, 0) is 9.59 Å². The molecule has 10 aromatic rings. The van der Waals surface area contributed by atoms with Crippen molar-refractivity contribution in [3.05, 3.63) is 175 Å². The quantitative estimate of drug-likeness (QED) is 0.102. The summed E-state index contributed by atoms with van der Waals surface area (Å²) in [6.45, 7) is 9.04. The topological polar surface area (TPSA) is 245 Å². The smallest absolute Gasteiger partial charge is 0.246 e. The molecule has 388 valence electrons. The minimum Gasteiger partial charge on any atom is -0.457 e. The van der Waals surface area contributed by atoms with E-state index in [1.165, 1.54) is 24.7 Å². The maximum Gasteiger partial charge on any atom is 0.246 e. The molecule has 0 radical (unpaired) electrons. The fraction of sp³-hybridized carbons (Fsp3) is 0.140. The number of nitrogens with zero attached hydrogens (tertiary/aromatic N) is 15. The Hall–Kier alpha value is -10.8. The molecule has 2 amide bonds. The molecule has 12 rings (SSSR count). The number of carbonyl (C=O) groups is 2. The van der Waals surface area contributed by atoms with Gasteiger partial charge in [-0.05, 0) is 110 Å². The van der Waals surface area contributed by atoms with Crippen molar-refractivity contribution < 1.29 is 23.5 Å². The molecule has 79 heavy (non-hydrogen) atoms. The number of carbonyl (C=O) groups excluding carboxylic acids is 2. The van der Waals surface area contributed by atoms with E-state index in [4.69, 9.17) is 19.4 Å². The van der Waals surface area contributed by atoms with Gasteiger partial charge in [-0.15, -0.1) is 5.10 Å². The Kier molecular flexibility index (Phi) is 12.9. The third kappa shape index (κ3) is 10.1. The molecule has 8 aromatic heterocycles. The van der Waals surface area contributed by atoms with Gasteiger partial charge in [-0.25, -0.2) is 48.3 Å². The van der Waals surface area contributed by atoms with Gasteiger partial charge < -0.3 is 29.9 Å². The first kappa shape index (κ1) is 49.1. The van der Waals surface area contributed by atoms with E-state index in [0.29, 0.717) is 135 Å².